The highest BCUT2D eigenvalue weighted by Crippen LogP contribution is 2.45. The highest BCUT2D eigenvalue weighted by atomic mass is 15.0. The average Bonchev–Trinajstić information content (AvgIpc) is 1.59. The van der Waals surface area contributed by atoms with Gasteiger partial charge in [0.15, 0.2) is 24.8 Å². The lowest BCUT2D eigenvalue weighted by molar-refractivity contribution is -0.659. The molecule has 0 aliphatic heterocycles. The molecule has 15 aromatic carbocycles. The first-order valence-corrected chi connectivity index (χ1v) is 43.5. The third kappa shape index (κ3) is 13.5. The third-order valence-electron chi connectivity index (χ3n) is 26.7. The Hall–Kier alpha value is -14.9. The molecule has 0 N–H and O–H groups in total. The van der Waals surface area contributed by atoms with E-state index in [-0.39, 0.29) is 0 Å². The summed E-state index contributed by atoms with van der Waals surface area (Å²) in [5, 5.41) is 20.9. The van der Waals surface area contributed by atoms with Gasteiger partial charge in [0.2, 0.25) is 22.8 Å². The molecule has 0 bridgehead atoms. The van der Waals surface area contributed by atoms with Crippen molar-refractivity contribution in [1.82, 2.24) is 18.3 Å². The fourth-order valence-electron chi connectivity index (χ4n) is 20.2. The Bertz CT molecular complexity index is 8310. The van der Waals surface area contributed by atoms with Crippen LogP contribution in [0.3, 0.4) is 0 Å². The summed E-state index contributed by atoms with van der Waals surface area (Å²) >= 11 is 0. The number of hydrogen-bond acceptors (Lipinski definition) is 0. The standard InChI is InChI=1S/C32H29N2.C31H27N2.C30H25N2.C24H21N2/c1-20-6-9-23(10-7-20)24-11-14-27-25(19-24)12-15-29-30(27)28-16-17-33(4)31(32(28)34(29)5)26-13-8-21(2)18-22(26)3;1-20-9-11-22(12-10-20)23-13-15-26-24(19-23)14-16-28-29(26)27-17-18-32(3)30(31(27)33(28)4)25-8-6-5-7-21(25)2;1-20-9-7-8-12-24(20)29-30-26(17-18-31(29)2)28-25-15-13-22(21-10-5-4-6-11-21)19-23(25)14-16-27(28)32(30)3;1-16-8-4-6-10-18(16)24-23-21(14-15-25(24)2)26(3)20-13-12-17-9-5-7-11-19(17)22(20)23/h6-19H,1-5H3;5-19H,1-4H3;4-19H,1-3H3;4-15H,1-3H3/q4*+1. The summed E-state index contributed by atoms with van der Waals surface area (Å²) in [4.78, 5) is 0. The molecule has 23 rings (SSSR count). The minimum absolute atomic E-state index is 1.25. The van der Waals surface area contributed by atoms with Gasteiger partial charge in [0.1, 0.15) is 44.7 Å². The SMILES string of the molecule is Cc1ccc(-c2ccc3c(ccc4c3c3cc[n+](C)c(-c5ccc(C)cc5C)c3n4C)c2)cc1.Cc1ccc(-c2ccc3c(ccc4c3c3cc[n+](C)c(-c5ccccc5C)c3n4C)c2)cc1.Cc1ccccc1-c1c2c(cc[n+]1C)c1c3ccc(-c4ccccc4)cc3ccc1n2C.Cc1ccccc1-c1c2c3c4ccccc4ccc3n(C)c2cc[n+]1C. The molecule has 0 fully saturated rings. The summed E-state index contributed by atoms with van der Waals surface area (Å²) in [6.45, 7) is 15.2. The maximum Gasteiger partial charge on any atom is 0.237 e. The zero-order valence-electron chi connectivity index (χ0n) is 74.0. The molecule has 125 heavy (non-hydrogen) atoms. The summed E-state index contributed by atoms with van der Waals surface area (Å²) < 4.78 is 18.4. The molecule has 0 aliphatic rings. The minimum atomic E-state index is 1.25. The molecule has 0 unspecified atom stereocenters. The number of aryl methyl sites for hydroxylation is 15. The van der Waals surface area contributed by atoms with Crippen molar-refractivity contribution in [2.75, 3.05) is 0 Å². The summed E-state index contributed by atoms with van der Waals surface area (Å²) in [7, 11) is 17.3. The lowest BCUT2D eigenvalue weighted by atomic mass is 9.97. The van der Waals surface area contributed by atoms with E-state index in [1.165, 1.54) is 248 Å². The van der Waals surface area contributed by atoms with Crippen molar-refractivity contribution in [3.63, 3.8) is 0 Å². The van der Waals surface area contributed by atoms with Gasteiger partial charge in [-0.1, -0.05) is 247 Å². The van der Waals surface area contributed by atoms with Crippen LogP contribution in [0.25, 0.3) is 209 Å². The predicted octanol–water partition coefficient (Wildman–Crippen LogP) is 27.1. The Morgan fingerprint density at radius 1 is 0.192 bits per heavy atom. The van der Waals surface area contributed by atoms with E-state index in [4.69, 9.17) is 0 Å². The van der Waals surface area contributed by atoms with Gasteiger partial charge in [-0.05, 0) is 214 Å². The molecule has 8 nitrogen and oxygen atoms in total. The topological polar surface area (TPSA) is 35.2 Å². The number of hydrogen-bond donors (Lipinski definition) is 0. The number of aromatic nitrogens is 8. The maximum atomic E-state index is 2.37. The molecule has 23 aromatic rings. The van der Waals surface area contributed by atoms with Gasteiger partial charge in [-0.25, -0.2) is 4.57 Å². The normalized spacial score (nSPS) is 11.6. The Balaban J connectivity index is 0.000000106. The Labute approximate surface area is 730 Å². The van der Waals surface area contributed by atoms with Crippen molar-refractivity contribution in [3.05, 3.63) is 385 Å². The van der Waals surface area contributed by atoms with Crippen molar-refractivity contribution >= 4 is 130 Å². The van der Waals surface area contributed by atoms with E-state index in [9.17, 15) is 0 Å². The zero-order valence-corrected chi connectivity index (χ0v) is 74.0. The van der Waals surface area contributed by atoms with Crippen molar-refractivity contribution < 1.29 is 18.3 Å². The van der Waals surface area contributed by atoms with E-state index in [1.807, 2.05) is 0 Å². The molecule has 8 aromatic heterocycles. The molecule has 0 radical (unpaired) electrons. The number of benzene rings is 15. The summed E-state index contributed by atoms with van der Waals surface area (Å²) in [6, 6.07) is 117. The van der Waals surface area contributed by atoms with Crippen LogP contribution >= 0.6 is 0 Å². The molecule has 0 saturated carbocycles. The van der Waals surface area contributed by atoms with E-state index < -0.39 is 0 Å². The first kappa shape index (κ1) is 78.7. The predicted molar refractivity (Wildman–Crippen MR) is 528 cm³/mol. The highest BCUT2D eigenvalue weighted by Gasteiger charge is 2.29. The van der Waals surface area contributed by atoms with Crippen LogP contribution in [-0.2, 0) is 56.4 Å². The molecule has 8 heteroatoms. The molecule has 0 spiro atoms. The fourth-order valence-corrected chi connectivity index (χ4v) is 20.2. The second-order valence-electron chi connectivity index (χ2n) is 34.6. The summed E-state index contributed by atoms with van der Waals surface area (Å²) in [6.07, 6.45) is 8.77. The van der Waals surface area contributed by atoms with Gasteiger partial charge in [0.25, 0.3) is 0 Å². The molecular weight excluding hydrogens is 1520 g/mol. The zero-order chi connectivity index (χ0) is 85.9. The second-order valence-corrected chi connectivity index (χ2v) is 34.6. The van der Waals surface area contributed by atoms with Crippen LogP contribution in [0.4, 0.5) is 0 Å². The van der Waals surface area contributed by atoms with E-state index in [0.717, 1.165) is 0 Å². The van der Waals surface area contributed by atoms with Crippen LogP contribution < -0.4 is 18.3 Å². The highest BCUT2D eigenvalue weighted by molar-refractivity contribution is 6.27. The number of nitrogens with zero attached hydrogens (tertiary/aromatic N) is 8. The Kier molecular flexibility index (Phi) is 19.9. The average molecular weight is 1620 g/mol. The second kappa shape index (κ2) is 31.5. The van der Waals surface area contributed by atoms with E-state index >= 15 is 0 Å². The molecule has 0 saturated heterocycles. The van der Waals surface area contributed by atoms with E-state index in [1.54, 1.807) is 0 Å². The molecule has 606 valence electrons. The first-order chi connectivity index (χ1) is 60.7. The van der Waals surface area contributed by atoms with Gasteiger partial charge in [0.05, 0.1) is 27.6 Å². The van der Waals surface area contributed by atoms with E-state index in [0.29, 0.717) is 0 Å². The van der Waals surface area contributed by atoms with Gasteiger partial charge >= 0.3 is 0 Å². The van der Waals surface area contributed by atoms with Crippen molar-refractivity contribution in [3.8, 4) is 78.4 Å². The van der Waals surface area contributed by atoms with Crippen LogP contribution in [0.15, 0.2) is 346 Å². The van der Waals surface area contributed by atoms with Gasteiger partial charge < -0.3 is 18.3 Å². The van der Waals surface area contributed by atoms with Crippen LogP contribution in [0.1, 0.15) is 38.9 Å². The smallest absolute Gasteiger partial charge is 0.237 e. The fraction of sp³-hybridized carbons (Fsp3) is 0.128. The van der Waals surface area contributed by atoms with Crippen molar-refractivity contribution in [2.24, 2.45) is 56.4 Å². The monoisotopic (exact) mass is 1620 g/mol. The Morgan fingerprint density at radius 3 is 0.920 bits per heavy atom. The van der Waals surface area contributed by atoms with Crippen molar-refractivity contribution in [2.45, 2.75) is 48.5 Å². The van der Waals surface area contributed by atoms with Crippen LogP contribution in [0.5, 0.6) is 0 Å². The van der Waals surface area contributed by atoms with Gasteiger partial charge in [-0.2, -0.15) is 13.7 Å². The number of pyridine rings is 4. The quantitative estimate of drug-likeness (QED) is 0.143. The largest absolute Gasteiger partial charge is 0.343 e. The molecular formula is C117H102N8+4. The first-order valence-electron chi connectivity index (χ1n) is 43.5. The minimum Gasteiger partial charge on any atom is -0.343 e. The van der Waals surface area contributed by atoms with Gasteiger partial charge in [0, 0.05) is 118 Å². The van der Waals surface area contributed by atoms with E-state index in [2.05, 4.69) is 488 Å². The van der Waals surface area contributed by atoms with Crippen LogP contribution in [0, 0.1) is 48.5 Å². The number of rotatable bonds is 7. The van der Waals surface area contributed by atoms with Gasteiger partial charge in [-0.15, -0.1) is 0 Å². The van der Waals surface area contributed by atoms with Crippen LogP contribution in [0.2, 0.25) is 0 Å². The van der Waals surface area contributed by atoms with Gasteiger partial charge in [-0.3, -0.25) is 0 Å². The lowest BCUT2D eigenvalue weighted by Gasteiger charge is -2.08. The Morgan fingerprint density at radius 2 is 0.504 bits per heavy atom. The maximum absolute atomic E-state index is 2.37. The summed E-state index contributed by atoms with van der Waals surface area (Å²) in [5.41, 5.74) is 37.0. The molecule has 0 atom stereocenters. The lowest BCUT2D eigenvalue weighted by Crippen LogP contribution is -2.31. The molecule has 0 amide bonds. The summed E-state index contributed by atoms with van der Waals surface area (Å²) in [5.74, 6) is 0. The number of fused-ring (bicyclic) bond motifs is 20. The molecule has 0 aliphatic carbocycles. The third-order valence-corrected chi connectivity index (χ3v) is 26.7. The van der Waals surface area contributed by atoms with Crippen molar-refractivity contribution in [1.29, 1.82) is 0 Å². The van der Waals surface area contributed by atoms with Crippen LogP contribution in [-0.4, -0.2) is 18.3 Å². The molecule has 8 heterocycles.